The first-order chi connectivity index (χ1) is 17.3. The van der Waals surface area contributed by atoms with Crippen molar-refractivity contribution < 1.29 is 18.0 Å². The molecular formula is C27H23N3O4S2. The monoisotopic (exact) mass is 517 g/mol. The van der Waals surface area contributed by atoms with Gasteiger partial charge in [-0.05, 0) is 58.3 Å². The van der Waals surface area contributed by atoms with Crippen molar-refractivity contribution in [3.63, 3.8) is 0 Å². The molecule has 0 atom stereocenters. The van der Waals surface area contributed by atoms with E-state index in [1.165, 1.54) is 46.0 Å². The van der Waals surface area contributed by atoms with Gasteiger partial charge in [-0.2, -0.15) is 4.31 Å². The highest BCUT2D eigenvalue weighted by molar-refractivity contribution is 7.89. The molecule has 0 radical (unpaired) electrons. The number of anilines is 1. The summed E-state index contributed by atoms with van der Waals surface area (Å²) in [5.41, 5.74) is 2.26. The van der Waals surface area contributed by atoms with Gasteiger partial charge in [0.25, 0.3) is 5.91 Å². The average molecular weight is 518 g/mol. The second kappa shape index (κ2) is 9.69. The Hall–Kier alpha value is -3.79. The van der Waals surface area contributed by atoms with Crippen molar-refractivity contribution in [2.75, 3.05) is 5.32 Å². The highest BCUT2D eigenvalue weighted by Crippen LogP contribution is 2.36. The lowest BCUT2D eigenvalue weighted by Gasteiger charge is -2.16. The summed E-state index contributed by atoms with van der Waals surface area (Å²) in [5.74, 6) is -0.579. The molecule has 36 heavy (non-hydrogen) atoms. The molecule has 1 aliphatic rings. The zero-order valence-corrected chi connectivity index (χ0v) is 20.9. The van der Waals surface area contributed by atoms with Gasteiger partial charge >= 0.3 is 0 Å². The van der Waals surface area contributed by atoms with Gasteiger partial charge in [0.1, 0.15) is 0 Å². The van der Waals surface area contributed by atoms with E-state index >= 15 is 0 Å². The molecule has 2 amide bonds. The lowest BCUT2D eigenvalue weighted by atomic mass is 10.0. The van der Waals surface area contributed by atoms with Crippen LogP contribution < -0.4 is 10.6 Å². The van der Waals surface area contributed by atoms with Crippen LogP contribution in [-0.4, -0.2) is 24.5 Å². The van der Waals surface area contributed by atoms with Crippen LogP contribution >= 0.6 is 11.3 Å². The van der Waals surface area contributed by atoms with Crippen LogP contribution in [0.1, 0.15) is 26.4 Å². The highest BCUT2D eigenvalue weighted by atomic mass is 32.2. The second-order valence-corrected chi connectivity index (χ2v) is 11.4. The number of hydrogen-bond donors (Lipinski definition) is 2. The number of sulfonamides is 1. The van der Waals surface area contributed by atoms with Gasteiger partial charge in [-0.15, -0.1) is 11.3 Å². The predicted molar refractivity (Wildman–Crippen MR) is 141 cm³/mol. The number of carbonyl (C=O) groups is 2. The number of nitrogens with one attached hydrogen (secondary N) is 2. The maximum Gasteiger partial charge on any atom is 0.251 e. The van der Waals surface area contributed by atoms with Crippen LogP contribution in [-0.2, 0) is 34.5 Å². The number of fused-ring (bicyclic) bond motifs is 2. The normalized spacial score (nSPS) is 13.3. The molecule has 7 nitrogen and oxygen atoms in total. The molecule has 0 spiro atoms. The van der Waals surface area contributed by atoms with Crippen LogP contribution in [0.5, 0.6) is 0 Å². The quantitative estimate of drug-likeness (QED) is 0.349. The van der Waals surface area contributed by atoms with Gasteiger partial charge in [0.05, 0.1) is 9.90 Å². The van der Waals surface area contributed by atoms with Crippen molar-refractivity contribution in [2.45, 2.75) is 24.5 Å². The topological polar surface area (TPSA) is 95.6 Å². The van der Waals surface area contributed by atoms with E-state index in [1.54, 1.807) is 6.07 Å². The molecule has 0 fully saturated rings. The molecule has 0 aliphatic carbocycles. The summed E-state index contributed by atoms with van der Waals surface area (Å²) < 4.78 is 27.7. The van der Waals surface area contributed by atoms with Crippen molar-refractivity contribution in [3.05, 3.63) is 107 Å². The van der Waals surface area contributed by atoms with Gasteiger partial charge < -0.3 is 10.6 Å². The van der Waals surface area contributed by atoms with Crippen LogP contribution in [0.25, 0.3) is 10.8 Å². The zero-order chi connectivity index (χ0) is 25.3. The van der Waals surface area contributed by atoms with E-state index in [2.05, 4.69) is 17.2 Å². The first-order valence-electron chi connectivity index (χ1n) is 11.3. The van der Waals surface area contributed by atoms with E-state index in [4.69, 9.17) is 0 Å². The molecule has 2 heterocycles. The smallest absolute Gasteiger partial charge is 0.251 e. The molecule has 0 saturated heterocycles. The lowest BCUT2D eigenvalue weighted by molar-refractivity contribution is -0.111. The van der Waals surface area contributed by atoms with Gasteiger partial charge in [0.2, 0.25) is 15.9 Å². The SMILES string of the molecule is C=CC(=O)Nc1cc2c(s1)CN(S(=O)(=O)c1ccc(C(=O)NCc3cccc4ccccc34)cc1)C2. The molecule has 1 aliphatic heterocycles. The van der Waals surface area contributed by atoms with Crippen LogP contribution in [0.3, 0.4) is 0 Å². The molecule has 0 bridgehead atoms. The number of carbonyl (C=O) groups excluding carboxylic acids is 2. The third kappa shape index (κ3) is 4.68. The number of benzene rings is 3. The average Bonchev–Trinajstić information content (AvgIpc) is 3.46. The third-order valence-corrected chi connectivity index (χ3v) is 8.95. The molecule has 0 saturated carbocycles. The summed E-state index contributed by atoms with van der Waals surface area (Å²) in [6.07, 6.45) is 1.19. The summed E-state index contributed by atoms with van der Waals surface area (Å²) in [6.45, 7) is 4.26. The van der Waals surface area contributed by atoms with Gasteiger partial charge in [-0.25, -0.2) is 8.42 Å². The first kappa shape index (κ1) is 23.9. The Bertz CT molecular complexity index is 1560. The fraction of sp³-hybridized carbons (Fsp3) is 0.111. The Labute approximate surface area is 213 Å². The van der Waals surface area contributed by atoms with Gasteiger partial charge in [0, 0.05) is 30.1 Å². The van der Waals surface area contributed by atoms with E-state index in [1.807, 2.05) is 42.5 Å². The second-order valence-electron chi connectivity index (χ2n) is 8.37. The van der Waals surface area contributed by atoms with Crippen LogP contribution in [0.15, 0.2) is 90.3 Å². The third-order valence-electron chi connectivity index (χ3n) is 6.07. The van der Waals surface area contributed by atoms with E-state index in [9.17, 15) is 18.0 Å². The fourth-order valence-corrected chi connectivity index (χ4v) is 6.76. The summed E-state index contributed by atoms with van der Waals surface area (Å²) in [6, 6.07) is 21.7. The van der Waals surface area contributed by atoms with Crippen molar-refractivity contribution in [2.24, 2.45) is 0 Å². The minimum absolute atomic E-state index is 0.128. The largest absolute Gasteiger partial charge is 0.348 e. The van der Waals surface area contributed by atoms with E-state index in [0.717, 1.165) is 26.8 Å². The predicted octanol–water partition coefficient (Wildman–Crippen LogP) is 4.66. The minimum Gasteiger partial charge on any atom is -0.348 e. The number of amides is 2. The Morgan fingerprint density at radius 1 is 1.00 bits per heavy atom. The van der Waals surface area contributed by atoms with E-state index in [0.29, 0.717) is 17.1 Å². The number of hydrogen-bond acceptors (Lipinski definition) is 5. The molecule has 1 aromatic heterocycles. The van der Waals surface area contributed by atoms with E-state index in [-0.39, 0.29) is 29.8 Å². The summed E-state index contributed by atoms with van der Waals surface area (Å²) in [7, 11) is -3.73. The Morgan fingerprint density at radius 3 is 2.50 bits per heavy atom. The van der Waals surface area contributed by atoms with Gasteiger partial charge in [0.15, 0.2) is 0 Å². The molecule has 9 heteroatoms. The number of thiophene rings is 1. The molecule has 4 aromatic rings. The number of rotatable bonds is 7. The van der Waals surface area contributed by atoms with Crippen molar-refractivity contribution in [3.8, 4) is 0 Å². The standard InChI is InChI=1S/C27H23N3O4S2/c1-2-25(31)29-26-14-21-16-30(17-24(21)35-26)36(33,34)22-12-10-19(11-13-22)27(32)28-15-20-8-5-7-18-6-3-4-9-23(18)20/h2-14H,1,15-17H2,(H,28,32)(H,29,31). The zero-order valence-electron chi connectivity index (χ0n) is 19.2. The van der Waals surface area contributed by atoms with Crippen LogP contribution in [0.4, 0.5) is 5.00 Å². The number of nitrogens with zero attached hydrogens (tertiary/aromatic N) is 1. The molecule has 0 unspecified atom stereocenters. The Morgan fingerprint density at radius 2 is 1.75 bits per heavy atom. The Kier molecular flexibility index (Phi) is 6.44. The summed E-state index contributed by atoms with van der Waals surface area (Å²) >= 11 is 1.35. The molecule has 182 valence electrons. The lowest BCUT2D eigenvalue weighted by Crippen LogP contribution is -2.26. The van der Waals surface area contributed by atoms with Crippen LogP contribution in [0.2, 0.25) is 0 Å². The van der Waals surface area contributed by atoms with Crippen LogP contribution in [0, 0.1) is 0 Å². The minimum atomic E-state index is -3.73. The Balaban J connectivity index is 1.24. The molecule has 5 rings (SSSR count). The van der Waals surface area contributed by atoms with Gasteiger partial charge in [-0.1, -0.05) is 49.0 Å². The van der Waals surface area contributed by atoms with Gasteiger partial charge in [-0.3, -0.25) is 9.59 Å². The highest BCUT2D eigenvalue weighted by Gasteiger charge is 2.32. The molecular weight excluding hydrogens is 494 g/mol. The summed E-state index contributed by atoms with van der Waals surface area (Å²) in [5, 5.41) is 8.48. The molecule has 2 N–H and O–H groups in total. The maximum absolute atomic E-state index is 13.2. The summed E-state index contributed by atoms with van der Waals surface area (Å²) in [4.78, 5) is 25.2. The van der Waals surface area contributed by atoms with Crippen molar-refractivity contribution >= 4 is 48.9 Å². The maximum atomic E-state index is 13.2. The molecule has 3 aromatic carbocycles. The van der Waals surface area contributed by atoms with E-state index < -0.39 is 10.0 Å². The van der Waals surface area contributed by atoms with Crippen molar-refractivity contribution in [1.29, 1.82) is 0 Å². The first-order valence-corrected chi connectivity index (χ1v) is 13.5. The fourth-order valence-electron chi connectivity index (χ4n) is 4.20. The van der Waals surface area contributed by atoms with Crippen molar-refractivity contribution in [1.82, 2.24) is 9.62 Å².